The average molecular weight is 282 g/mol. The number of carbonyl (C=O) groups is 1. The molecule has 0 aliphatic heterocycles. The molecule has 1 fully saturated rings. The highest BCUT2D eigenvalue weighted by Gasteiger charge is 2.28. The summed E-state index contributed by atoms with van der Waals surface area (Å²) in [6, 6.07) is 1.88. The maximum atomic E-state index is 13.9. The van der Waals surface area contributed by atoms with E-state index >= 15 is 0 Å². The second kappa shape index (κ2) is 5.77. The molecule has 2 atom stereocenters. The van der Waals surface area contributed by atoms with Crippen molar-refractivity contribution in [1.82, 2.24) is 4.90 Å². The van der Waals surface area contributed by atoms with E-state index in [4.69, 9.17) is 5.73 Å². The van der Waals surface area contributed by atoms with Gasteiger partial charge in [-0.1, -0.05) is 19.8 Å². The molecule has 0 aromatic heterocycles. The number of halogens is 2. The number of hydrogen-bond donors (Lipinski definition) is 1. The largest absolute Gasteiger partial charge is 0.396 e. The van der Waals surface area contributed by atoms with Crippen molar-refractivity contribution in [3.05, 3.63) is 29.3 Å². The van der Waals surface area contributed by atoms with E-state index in [1.807, 2.05) is 0 Å². The number of nitrogen functional groups attached to an aromatic ring is 1. The molecule has 0 saturated heterocycles. The van der Waals surface area contributed by atoms with Gasteiger partial charge in [-0.05, 0) is 30.9 Å². The molecular formula is C15H20F2N2O. The molecule has 5 heteroatoms. The van der Waals surface area contributed by atoms with Gasteiger partial charge in [0.25, 0.3) is 5.91 Å². The van der Waals surface area contributed by atoms with Gasteiger partial charge in [0.2, 0.25) is 0 Å². The molecule has 0 spiro atoms. The fourth-order valence-electron chi connectivity index (χ4n) is 2.88. The lowest BCUT2D eigenvalue weighted by atomic mass is 9.86. The smallest absolute Gasteiger partial charge is 0.257 e. The number of amides is 1. The number of nitrogens with two attached hydrogens (primary N) is 1. The first kappa shape index (κ1) is 14.8. The van der Waals surface area contributed by atoms with E-state index in [0.29, 0.717) is 5.92 Å². The Balaban J connectivity index is 2.22. The van der Waals surface area contributed by atoms with E-state index < -0.39 is 17.5 Å². The molecule has 20 heavy (non-hydrogen) atoms. The fraction of sp³-hybridized carbons (Fsp3) is 0.533. The van der Waals surface area contributed by atoms with Crippen LogP contribution in [0.1, 0.15) is 43.0 Å². The summed E-state index contributed by atoms with van der Waals surface area (Å²) in [5, 5.41) is 0. The van der Waals surface area contributed by atoms with E-state index in [1.165, 1.54) is 4.90 Å². The van der Waals surface area contributed by atoms with Crippen molar-refractivity contribution >= 4 is 11.6 Å². The van der Waals surface area contributed by atoms with Gasteiger partial charge in [-0.2, -0.15) is 0 Å². The number of rotatable bonds is 2. The Morgan fingerprint density at radius 1 is 1.35 bits per heavy atom. The van der Waals surface area contributed by atoms with Crippen LogP contribution in [0.25, 0.3) is 0 Å². The molecular weight excluding hydrogens is 262 g/mol. The summed E-state index contributed by atoms with van der Waals surface area (Å²) in [4.78, 5) is 13.9. The number of anilines is 1. The highest BCUT2D eigenvalue weighted by molar-refractivity contribution is 5.95. The zero-order chi connectivity index (χ0) is 14.9. The first-order chi connectivity index (χ1) is 9.40. The van der Waals surface area contributed by atoms with E-state index in [0.717, 1.165) is 37.8 Å². The first-order valence-corrected chi connectivity index (χ1v) is 6.91. The maximum Gasteiger partial charge on any atom is 0.257 e. The van der Waals surface area contributed by atoms with Crippen molar-refractivity contribution in [3.63, 3.8) is 0 Å². The quantitative estimate of drug-likeness (QED) is 0.847. The minimum absolute atomic E-state index is 0.0788. The second-order valence-electron chi connectivity index (χ2n) is 5.70. The number of carbonyl (C=O) groups excluding carboxylic acids is 1. The molecule has 0 heterocycles. The van der Waals surface area contributed by atoms with Crippen molar-refractivity contribution < 1.29 is 13.6 Å². The van der Waals surface area contributed by atoms with E-state index in [-0.39, 0.29) is 17.3 Å². The third kappa shape index (κ3) is 2.92. The Morgan fingerprint density at radius 3 is 2.70 bits per heavy atom. The molecule has 2 unspecified atom stereocenters. The lowest BCUT2D eigenvalue weighted by molar-refractivity contribution is 0.0667. The zero-order valence-electron chi connectivity index (χ0n) is 11.8. The van der Waals surface area contributed by atoms with Crippen molar-refractivity contribution in [2.24, 2.45) is 5.92 Å². The van der Waals surface area contributed by atoms with Crippen LogP contribution >= 0.6 is 0 Å². The monoisotopic (exact) mass is 282 g/mol. The molecule has 0 radical (unpaired) electrons. The van der Waals surface area contributed by atoms with Gasteiger partial charge in [0.15, 0.2) is 5.82 Å². The summed E-state index contributed by atoms with van der Waals surface area (Å²) in [5.74, 6) is -1.50. The normalized spacial score (nSPS) is 22.6. The van der Waals surface area contributed by atoms with E-state index in [1.54, 1.807) is 7.05 Å². The number of benzene rings is 1. The van der Waals surface area contributed by atoms with Crippen LogP contribution in [0.4, 0.5) is 14.5 Å². The topological polar surface area (TPSA) is 46.3 Å². The molecule has 1 aliphatic carbocycles. The van der Waals surface area contributed by atoms with Crippen LogP contribution in [-0.4, -0.2) is 23.9 Å². The van der Waals surface area contributed by atoms with Gasteiger partial charge in [-0.3, -0.25) is 4.79 Å². The van der Waals surface area contributed by atoms with Gasteiger partial charge in [-0.15, -0.1) is 0 Å². The van der Waals surface area contributed by atoms with Crippen LogP contribution in [0.2, 0.25) is 0 Å². The third-order valence-corrected chi connectivity index (χ3v) is 4.07. The lowest BCUT2D eigenvalue weighted by Gasteiger charge is -2.34. The summed E-state index contributed by atoms with van der Waals surface area (Å²) in [6.45, 7) is 2.14. The molecule has 0 bridgehead atoms. The van der Waals surface area contributed by atoms with Gasteiger partial charge in [-0.25, -0.2) is 8.78 Å². The Kier molecular flexibility index (Phi) is 4.26. The van der Waals surface area contributed by atoms with Crippen molar-refractivity contribution in [2.45, 2.75) is 38.6 Å². The second-order valence-corrected chi connectivity index (χ2v) is 5.70. The summed E-state index contributed by atoms with van der Waals surface area (Å²) in [6.07, 6.45) is 4.00. The summed E-state index contributed by atoms with van der Waals surface area (Å²) >= 11 is 0. The third-order valence-electron chi connectivity index (χ3n) is 4.07. The molecule has 3 nitrogen and oxygen atoms in total. The zero-order valence-corrected chi connectivity index (χ0v) is 11.8. The maximum absolute atomic E-state index is 13.9. The fourth-order valence-corrected chi connectivity index (χ4v) is 2.88. The van der Waals surface area contributed by atoms with Crippen LogP contribution in [0.15, 0.2) is 12.1 Å². The first-order valence-electron chi connectivity index (χ1n) is 6.91. The Morgan fingerprint density at radius 2 is 2.05 bits per heavy atom. The van der Waals surface area contributed by atoms with Crippen LogP contribution in [0.5, 0.6) is 0 Å². The van der Waals surface area contributed by atoms with Crippen LogP contribution < -0.4 is 5.73 Å². The summed E-state index contributed by atoms with van der Waals surface area (Å²) in [5.41, 5.74) is 4.75. The van der Waals surface area contributed by atoms with Gasteiger partial charge >= 0.3 is 0 Å². The molecule has 1 amide bonds. The van der Waals surface area contributed by atoms with E-state index in [9.17, 15) is 13.6 Å². The molecule has 1 saturated carbocycles. The van der Waals surface area contributed by atoms with Gasteiger partial charge in [0.05, 0.1) is 11.3 Å². The molecule has 1 aromatic carbocycles. The van der Waals surface area contributed by atoms with E-state index in [2.05, 4.69) is 6.92 Å². The molecule has 110 valence electrons. The summed E-state index contributed by atoms with van der Waals surface area (Å²) < 4.78 is 27.2. The predicted molar refractivity (Wildman–Crippen MR) is 74.3 cm³/mol. The summed E-state index contributed by atoms with van der Waals surface area (Å²) in [7, 11) is 1.64. The number of nitrogens with zero attached hydrogens (tertiary/aromatic N) is 1. The average Bonchev–Trinajstić information content (AvgIpc) is 2.41. The molecule has 1 aliphatic rings. The molecule has 2 N–H and O–H groups in total. The lowest BCUT2D eigenvalue weighted by Crippen LogP contribution is -2.40. The van der Waals surface area contributed by atoms with Crippen molar-refractivity contribution in [1.29, 1.82) is 0 Å². The highest BCUT2D eigenvalue weighted by Crippen LogP contribution is 2.28. The molecule has 1 aromatic rings. The standard InChI is InChI=1S/C15H20F2N2O/c1-9-4-3-5-11(6-9)19(2)15(20)12-7-10(16)8-13(18)14(12)17/h7-9,11H,3-6,18H2,1-2H3. The van der Waals surface area contributed by atoms with Gasteiger partial charge < -0.3 is 10.6 Å². The Hall–Kier alpha value is -1.65. The number of hydrogen-bond acceptors (Lipinski definition) is 2. The molecule has 2 rings (SSSR count). The van der Waals surface area contributed by atoms with Gasteiger partial charge in [0.1, 0.15) is 5.82 Å². The predicted octanol–water partition coefficient (Wildman–Crippen LogP) is 3.20. The Labute approximate surface area is 117 Å². The van der Waals surface area contributed by atoms with Crippen LogP contribution in [-0.2, 0) is 0 Å². The minimum Gasteiger partial charge on any atom is -0.396 e. The van der Waals surface area contributed by atoms with Gasteiger partial charge in [0, 0.05) is 13.1 Å². The highest BCUT2D eigenvalue weighted by atomic mass is 19.1. The SMILES string of the molecule is CC1CCCC(N(C)C(=O)c2cc(F)cc(N)c2F)C1. The van der Waals surface area contributed by atoms with Crippen LogP contribution in [0.3, 0.4) is 0 Å². The van der Waals surface area contributed by atoms with Crippen molar-refractivity contribution in [2.75, 3.05) is 12.8 Å². The Bertz CT molecular complexity index is 519. The van der Waals surface area contributed by atoms with Crippen molar-refractivity contribution in [3.8, 4) is 0 Å². The minimum atomic E-state index is -0.841. The van der Waals surface area contributed by atoms with Crippen LogP contribution in [0, 0.1) is 17.6 Å².